The summed E-state index contributed by atoms with van der Waals surface area (Å²) >= 11 is 1.11. The van der Waals surface area contributed by atoms with E-state index < -0.39 is 22.7 Å². The van der Waals surface area contributed by atoms with E-state index in [1.807, 2.05) is 0 Å². The zero-order valence-electron chi connectivity index (χ0n) is 16.9. The highest BCUT2D eigenvalue weighted by molar-refractivity contribution is 7.15. The molecule has 1 unspecified atom stereocenters. The topological polar surface area (TPSA) is 136 Å². The molecule has 1 saturated heterocycles. The number of aryl methyl sites for hydroxylation is 1. The smallest absolute Gasteiger partial charge is 0.301 e. The number of non-ortho nitro benzene ring substituents is 1. The van der Waals surface area contributed by atoms with Crippen LogP contribution < -0.4 is 9.64 Å². The maximum absolute atomic E-state index is 13.0. The number of aromatic nitrogens is 2. The number of ether oxygens (including phenoxy) is 1. The van der Waals surface area contributed by atoms with Gasteiger partial charge < -0.3 is 9.84 Å². The van der Waals surface area contributed by atoms with Crippen LogP contribution in [0.4, 0.5) is 10.8 Å². The number of hydrogen-bond donors (Lipinski definition) is 1. The molecular formula is C21H16N4O6S. The first-order chi connectivity index (χ1) is 15.3. The first-order valence-corrected chi connectivity index (χ1v) is 10.1. The Balaban J connectivity index is 1.90. The average molecular weight is 452 g/mol. The molecule has 2 heterocycles. The number of rotatable bonds is 5. The molecule has 0 radical (unpaired) electrons. The predicted octanol–water partition coefficient (Wildman–Crippen LogP) is 3.39. The zero-order chi connectivity index (χ0) is 23.0. The molecule has 0 saturated carbocycles. The standard InChI is InChI=1S/C21H16N4O6S/c1-11-22-23-21(32-11)24-17(12-3-7-14(8-4-12)25(29)30)16(19(27)20(24)28)18(26)13-5-9-15(31-2)10-6-13/h3-10,17,26H,1-2H3/b18-16+. The van der Waals surface area contributed by atoms with Crippen LogP contribution in [0.5, 0.6) is 5.75 Å². The first-order valence-electron chi connectivity index (χ1n) is 9.31. The molecule has 2 aromatic carbocycles. The van der Waals surface area contributed by atoms with Gasteiger partial charge in [0.15, 0.2) is 0 Å². The number of methoxy groups -OCH3 is 1. The molecule has 1 fully saturated rings. The fourth-order valence-corrected chi connectivity index (χ4v) is 4.13. The molecular weight excluding hydrogens is 436 g/mol. The van der Waals surface area contributed by atoms with Gasteiger partial charge in [-0.25, -0.2) is 0 Å². The third-order valence-electron chi connectivity index (χ3n) is 4.95. The lowest BCUT2D eigenvalue weighted by Gasteiger charge is -2.22. The Morgan fingerprint density at radius 1 is 1.12 bits per heavy atom. The van der Waals surface area contributed by atoms with Crippen molar-refractivity contribution >= 4 is 39.6 Å². The number of amides is 1. The molecule has 1 aliphatic rings. The van der Waals surface area contributed by atoms with Crippen molar-refractivity contribution in [3.63, 3.8) is 0 Å². The van der Waals surface area contributed by atoms with Gasteiger partial charge in [-0.1, -0.05) is 11.3 Å². The third kappa shape index (κ3) is 3.58. The number of Topliss-reactive ketones (excluding diaryl/α,β-unsaturated/α-hetero) is 1. The van der Waals surface area contributed by atoms with Crippen molar-refractivity contribution in [2.45, 2.75) is 13.0 Å². The van der Waals surface area contributed by atoms with Crippen LogP contribution in [0.25, 0.3) is 5.76 Å². The van der Waals surface area contributed by atoms with Crippen molar-refractivity contribution in [1.82, 2.24) is 10.2 Å². The van der Waals surface area contributed by atoms with Crippen molar-refractivity contribution in [1.29, 1.82) is 0 Å². The minimum atomic E-state index is -1.04. The van der Waals surface area contributed by atoms with Crippen LogP contribution >= 0.6 is 11.3 Å². The number of benzene rings is 2. The van der Waals surface area contributed by atoms with E-state index in [-0.39, 0.29) is 22.2 Å². The lowest BCUT2D eigenvalue weighted by atomic mass is 9.95. The van der Waals surface area contributed by atoms with E-state index in [1.54, 1.807) is 31.2 Å². The van der Waals surface area contributed by atoms with Crippen LogP contribution in [0.1, 0.15) is 22.2 Å². The summed E-state index contributed by atoms with van der Waals surface area (Å²) in [4.78, 5) is 37.6. The van der Waals surface area contributed by atoms with Gasteiger partial charge >= 0.3 is 5.91 Å². The van der Waals surface area contributed by atoms with E-state index in [0.717, 1.165) is 16.2 Å². The molecule has 1 aliphatic heterocycles. The number of carbonyl (C=O) groups excluding carboxylic acids is 2. The number of hydrogen-bond acceptors (Lipinski definition) is 9. The van der Waals surface area contributed by atoms with E-state index in [4.69, 9.17) is 4.74 Å². The monoisotopic (exact) mass is 452 g/mol. The minimum absolute atomic E-state index is 0.146. The Hall–Kier alpha value is -4.12. The fraction of sp³-hybridized carbons (Fsp3) is 0.143. The van der Waals surface area contributed by atoms with Gasteiger partial charge in [-0.2, -0.15) is 0 Å². The molecule has 32 heavy (non-hydrogen) atoms. The Labute approximate surface area is 185 Å². The SMILES string of the molecule is COc1ccc(/C(O)=C2\C(=O)C(=O)N(c3nnc(C)s3)C2c2ccc([N+](=O)[O-])cc2)cc1. The van der Waals surface area contributed by atoms with E-state index >= 15 is 0 Å². The van der Waals surface area contributed by atoms with Crippen LogP contribution in [0, 0.1) is 17.0 Å². The van der Waals surface area contributed by atoms with Gasteiger partial charge in [-0.05, 0) is 48.9 Å². The van der Waals surface area contributed by atoms with E-state index in [0.29, 0.717) is 21.9 Å². The van der Waals surface area contributed by atoms with Crippen LogP contribution in [0.2, 0.25) is 0 Å². The number of ketones is 1. The molecule has 1 N–H and O–H groups in total. The van der Waals surface area contributed by atoms with Crippen molar-refractivity contribution in [2.75, 3.05) is 12.0 Å². The van der Waals surface area contributed by atoms with Crippen LogP contribution in [0.3, 0.4) is 0 Å². The third-order valence-corrected chi connectivity index (χ3v) is 5.79. The largest absolute Gasteiger partial charge is 0.507 e. The summed E-state index contributed by atoms with van der Waals surface area (Å²) in [6, 6.07) is 10.7. The molecule has 4 rings (SSSR count). The summed E-state index contributed by atoms with van der Waals surface area (Å²) in [5, 5.41) is 30.7. The van der Waals surface area contributed by atoms with Crippen molar-refractivity contribution in [3.8, 4) is 5.75 Å². The quantitative estimate of drug-likeness (QED) is 0.205. The number of nitrogens with zero attached hydrogens (tertiary/aromatic N) is 4. The van der Waals surface area contributed by atoms with Crippen LogP contribution in [-0.2, 0) is 9.59 Å². The second-order valence-corrected chi connectivity index (χ2v) is 8.01. The summed E-state index contributed by atoms with van der Waals surface area (Å²) in [7, 11) is 1.50. The minimum Gasteiger partial charge on any atom is -0.507 e. The summed E-state index contributed by atoms with van der Waals surface area (Å²) in [5.74, 6) is -1.59. The van der Waals surface area contributed by atoms with Crippen molar-refractivity contribution in [2.24, 2.45) is 0 Å². The highest BCUT2D eigenvalue weighted by Crippen LogP contribution is 2.43. The molecule has 0 spiro atoms. The molecule has 1 atom stereocenters. The number of aliphatic hydroxyl groups excluding tert-OH is 1. The first kappa shape index (κ1) is 21.1. The molecule has 10 nitrogen and oxygen atoms in total. The highest BCUT2D eigenvalue weighted by atomic mass is 32.1. The second kappa shape index (κ2) is 8.19. The Morgan fingerprint density at radius 2 is 1.78 bits per heavy atom. The lowest BCUT2D eigenvalue weighted by molar-refractivity contribution is -0.384. The second-order valence-electron chi connectivity index (χ2n) is 6.85. The van der Waals surface area contributed by atoms with E-state index in [1.165, 1.54) is 31.4 Å². The van der Waals surface area contributed by atoms with Gasteiger partial charge in [0.1, 0.15) is 16.5 Å². The Bertz CT molecular complexity index is 1250. The fourth-order valence-electron chi connectivity index (χ4n) is 3.41. The van der Waals surface area contributed by atoms with Gasteiger partial charge in [0.2, 0.25) is 5.13 Å². The number of nitro benzene ring substituents is 1. The zero-order valence-corrected chi connectivity index (χ0v) is 17.7. The highest BCUT2D eigenvalue weighted by Gasteiger charge is 2.48. The van der Waals surface area contributed by atoms with E-state index in [9.17, 15) is 24.8 Å². The molecule has 0 bridgehead atoms. The number of nitro groups is 1. The number of carbonyl (C=O) groups is 2. The van der Waals surface area contributed by atoms with Gasteiger partial charge in [-0.15, -0.1) is 10.2 Å². The lowest BCUT2D eigenvalue weighted by Crippen LogP contribution is -2.29. The van der Waals surface area contributed by atoms with Gasteiger partial charge in [0.05, 0.1) is 23.6 Å². The Morgan fingerprint density at radius 3 is 2.31 bits per heavy atom. The van der Waals surface area contributed by atoms with Gasteiger partial charge in [0, 0.05) is 17.7 Å². The maximum Gasteiger partial charge on any atom is 0.301 e. The molecule has 11 heteroatoms. The van der Waals surface area contributed by atoms with Crippen LogP contribution in [0.15, 0.2) is 54.1 Å². The van der Waals surface area contributed by atoms with E-state index in [2.05, 4.69) is 10.2 Å². The molecule has 1 amide bonds. The molecule has 162 valence electrons. The maximum atomic E-state index is 13.0. The summed E-state index contributed by atoms with van der Waals surface area (Å²) in [6.45, 7) is 1.70. The molecule has 0 aliphatic carbocycles. The summed E-state index contributed by atoms with van der Waals surface area (Å²) < 4.78 is 5.11. The number of anilines is 1. The molecule has 1 aromatic heterocycles. The summed E-state index contributed by atoms with van der Waals surface area (Å²) in [6.07, 6.45) is 0. The average Bonchev–Trinajstić information content (AvgIpc) is 3.34. The van der Waals surface area contributed by atoms with Crippen molar-refractivity contribution in [3.05, 3.63) is 80.4 Å². The molecule has 3 aromatic rings. The predicted molar refractivity (Wildman–Crippen MR) is 116 cm³/mol. The number of aliphatic hydroxyl groups is 1. The normalized spacial score (nSPS) is 17.6. The Kier molecular flexibility index (Phi) is 5.41. The summed E-state index contributed by atoms with van der Waals surface area (Å²) in [5.41, 5.74) is 0.413. The van der Waals surface area contributed by atoms with Gasteiger partial charge in [-0.3, -0.25) is 24.6 Å². The van der Waals surface area contributed by atoms with Gasteiger partial charge in [0.25, 0.3) is 11.5 Å². The van der Waals surface area contributed by atoms with Crippen LogP contribution in [-0.4, -0.2) is 39.0 Å². The van der Waals surface area contributed by atoms with Crippen molar-refractivity contribution < 1.29 is 24.4 Å².